The molecule has 9 heteroatoms. The van der Waals surface area contributed by atoms with Gasteiger partial charge in [-0.25, -0.2) is 15.0 Å². The van der Waals surface area contributed by atoms with Crippen molar-refractivity contribution in [3.63, 3.8) is 0 Å². The van der Waals surface area contributed by atoms with Gasteiger partial charge in [0.15, 0.2) is 11.6 Å². The van der Waals surface area contributed by atoms with Crippen molar-refractivity contribution in [2.45, 2.75) is 19.8 Å². The first kappa shape index (κ1) is 18.8. The number of aromatic nitrogens is 3. The van der Waals surface area contributed by atoms with Gasteiger partial charge in [0, 0.05) is 10.0 Å². The summed E-state index contributed by atoms with van der Waals surface area (Å²) in [6.45, 7) is 3.51. The number of nitrogens with zero attached hydrogens (tertiary/aromatic N) is 3. The second-order valence-corrected chi connectivity index (χ2v) is 5.66. The zero-order chi connectivity index (χ0) is 18.4. The van der Waals surface area contributed by atoms with E-state index in [-0.39, 0.29) is 24.9 Å². The van der Waals surface area contributed by atoms with E-state index in [2.05, 4.69) is 30.9 Å². The lowest BCUT2D eigenvalue weighted by Crippen LogP contribution is -2.28. The van der Waals surface area contributed by atoms with Gasteiger partial charge in [-0.05, 0) is 41.9 Å². The Morgan fingerprint density at radius 3 is 2.40 bits per heavy atom. The summed E-state index contributed by atoms with van der Waals surface area (Å²) in [5, 5.41) is 0. The molecule has 1 heterocycles. The minimum absolute atomic E-state index is 0.0544. The van der Waals surface area contributed by atoms with E-state index in [9.17, 15) is 9.59 Å². The average molecular weight is 409 g/mol. The summed E-state index contributed by atoms with van der Waals surface area (Å²) in [5.74, 6) is -2.75. The minimum atomic E-state index is -1.38. The molecule has 0 amide bonds. The second kappa shape index (κ2) is 8.52. The molecule has 0 saturated heterocycles. The third kappa shape index (κ3) is 4.30. The zero-order valence-corrected chi connectivity index (χ0v) is 15.3. The van der Waals surface area contributed by atoms with E-state index in [0.29, 0.717) is 15.7 Å². The fraction of sp³-hybridized carbons (Fsp3) is 0.312. The third-order valence-electron chi connectivity index (χ3n) is 3.19. The summed E-state index contributed by atoms with van der Waals surface area (Å²) < 4.78 is 10.6. The standard InChI is InChI=1S/C16H17BrN4O4/c1-3-24-15(22)11(16(23)25-4-2)14-20-8-19-13(21-14)9-6-5-7-10(17)12(9)18/h5-8,11H,3-4,18H2,1-2H3. The summed E-state index contributed by atoms with van der Waals surface area (Å²) in [6.07, 6.45) is 1.21. The average Bonchev–Trinajstić information content (AvgIpc) is 2.58. The van der Waals surface area contributed by atoms with Crippen LogP contribution in [0.1, 0.15) is 25.6 Å². The molecule has 0 radical (unpaired) electrons. The lowest BCUT2D eigenvalue weighted by molar-refractivity contribution is -0.157. The number of carbonyl (C=O) groups excluding carboxylic acids is 2. The molecule has 2 aromatic rings. The molecule has 1 aromatic carbocycles. The van der Waals surface area contributed by atoms with Crippen molar-refractivity contribution in [1.82, 2.24) is 15.0 Å². The first-order valence-corrected chi connectivity index (χ1v) is 8.35. The number of ether oxygens (including phenoxy) is 2. The van der Waals surface area contributed by atoms with Crippen LogP contribution in [0.15, 0.2) is 29.0 Å². The van der Waals surface area contributed by atoms with E-state index in [0.717, 1.165) is 0 Å². The highest BCUT2D eigenvalue weighted by atomic mass is 79.9. The molecule has 0 aliphatic heterocycles. The Hall–Kier alpha value is -2.55. The number of hydrogen-bond donors (Lipinski definition) is 1. The molecule has 0 aliphatic carbocycles. The molecule has 0 aliphatic rings. The Morgan fingerprint density at radius 2 is 1.80 bits per heavy atom. The van der Waals surface area contributed by atoms with E-state index in [1.54, 1.807) is 32.0 Å². The van der Waals surface area contributed by atoms with Gasteiger partial charge >= 0.3 is 11.9 Å². The maximum atomic E-state index is 12.2. The number of rotatable bonds is 6. The van der Waals surface area contributed by atoms with Crippen LogP contribution in [0.3, 0.4) is 0 Å². The first-order valence-electron chi connectivity index (χ1n) is 7.56. The number of benzene rings is 1. The van der Waals surface area contributed by atoms with Crippen molar-refractivity contribution >= 4 is 33.6 Å². The molecular formula is C16H17BrN4O4. The number of halogens is 1. The molecule has 1 aromatic heterocycles. The van der Waals surface area contributed by atoms with Crippen molar-refractivity contribution in [3.05, 3.63) is 34.8 Å². The van der Waals surface area contributed by atoms with E-state index in [1.165, 1.54) is 6.33 Å². The highest BCUT2D eigenvalue weighted by Crippen LogP contribution is 2.30. The SMILES string of the molecule is CCOC(=O)C(C(=O)OCC)c1ncnc(-c2cccc(Br)c2N)n1. The Morgan fingerprint density at radius 1 is 1.16 bits per heavy atom. The van der Waals surface area contributed by atoms with E-state index in [1.807, 2.05) is 0 Å². The Labute approximate surface area is 152 Å². The molecule has 25 heavy (non-hydrogen) atoms. The van der Waals surface area contributed by atoms with Crippen molar-refractivity contribution in [3.8, 4) is 11.4 Å². The molecular weight excluding hydrogens is 392 g/mol. The summed E-state index contributed by atoms with van der Waals surface area (Å²) in [4.78, 5) is 36.6. The molecule has 0 spiro atoms. The predicted octanol–water partition coefficient (Wildman–Crippen LogP) is 2.09. The van der Waals surface area contributed by atoms with Gasteiger partial charge in [-0.2, -0.15) is 0 Å². The predicted molar refractivity (Wildman–Crippen MR) is 93.4 cm³/mol. The maximum absolute atomic E-state index is 12.2. The molecule has 8 nitrogen and oxygen atoms in total. The van der Waals surface area contributed by atoms with Gasteiger partial charge in [-0.3, -0.25) is 9.59 Å². The zero-order valence-electron chi connectivity index (χ0n) is 13.7. The second-order valence-electron chi connectivity index (χ2n) is 4.81. The molecule has 2 rings (SSSR count). The van der Waals surface area contributed by atoms with Gasteiger partial charge in [0.05, 0.1) is 18.9 Å². The number of esters is 2. The highest BCUT2D eigenvalue weighted by molar-refractivity contribution is 9.10. The van der Waals surface area contributed by atoms with E-state index in [4.69, 9.17) is 15.2 Å². The van der Waals surface area contributed by atoms with Crippen LogP contribution in [0.25, 0.3) is 11.4 Å². The van der Waals surface area contributed by atoms with Crippen LogP contribution in [-0.4, -0.2) is 40.1 Å². The Bertz CT molecular complexity index is 766. The van der Waals surface area contributed by atoms with Gasteiger partial charge in [-0.1, -0.05) is 6.07 Å². The fourth-order valence-corrected chi connectivity index (χ4v) is 2.43. The van der Waals surface area contributed by atoms with Crippen molar-refractivity contribution in [1.29, 1.82) is 0 Å². The summed E-state index contributed by atoms with van der Waals surface area (Å²) >= 11 is 3.33. The van der Waals surface area contributed by atoms with Gasteiger partial charge in [0.2, 0.25) is 5.92 Å². The van der Waals surface area contributed by atoms with Crippen LogP contribution >= 0.6 is 15.9 Å². The Balaban J connectivity index is 2.47. The van der Waals surface area contributed by atoms with Gasteiger partial charge in [0.25, 0.3) is 0 Å². The number of para-hydroxylation sites is 1. The first-order chi connectivity index (χ1) is 12.0. The number of nitrogen functional groups attached to an aromatic ring is 1. The summed E-state index contributed by atoms with van der Waals surface area (Å²) in [7, 11) is 0. The normalized spacial score (nSPS) is 10.6. The molecule has 0 fully saturated rings. The topological polar surface area (TPSA) is 117 Å². The quantitative estimate of drug-likeness (QED) is 0.438. The molecule has 132 valence electrons. The lowest BCUT2D eigenvalue weighted by atomic mass is 10.1. The molecule has 0 atom stereocenters. The van der Waals surface area contributed by atoms with Crippen molar-refractivity contribution < 1.29 is 19.1 Å². The Kier molecular flexibility index (Phi) is 6.40. The monoisotopic (exact) mass is 408 g/mol. The summed E-state index contributed by atoms with van der Waals surface area (Å²) in [6, 6.07) is 5.28. The van der Waals surface area contributed by atoms with E-state index >= 15 is 0 Å². The molecule has 0 bridgehead atoms. The number of nitrogens with two attached hydrogens (primary N) is 1. The molecule has 0 unspecified atom stereocenters. The van der Waals surface area contributed by atoms with Crippen molar-refractivity contribution in [2.75, 3.05) is 18.9 Å². The van der Waals surface area contributed by atoms with Crippen LogP contribution in [0.4, 0.5) is 5.69 Å². The van der Waals surface area contributed by atoms with Crippen molar-refractivity contribution in [2.24, 2.45) is 0 Å². The third-order valence-corrected chi connectivity index (χ3v) is 3.88. The van der Waals surface area contributed by atoms with Crippen LogP contribution in [0.5, 0.6) is 0 Å². The van der Waals surface area contributed by atoms with Crippen LogP contribution in [0.2, 0.25) is 0 Å². The largest absolute Gasteiger partial charge is 0.465 e. The van der Waals surface area contributed by atoms with Gasteiger partial charge < -0.3 is 15.2 Å². The molecule has 0 saturated carbocycles. The minimum Gasteiger partial charge on any atom is -0.465 e. The van der Waals surface area contributed by atoms with Gasteiger partial charge in [-0.15, -0.1) is 0 Å². The molecule has 2 N–H and O–H groups in total. The lowest BCUT2D eigenvalue weighted by Gasteiger charge is -2.14. The number of anilines is 1. The van der Waals surface area contributed by atoms with Crippen LogP contribution < -0.4 is 5.73 Å². The van der Waals surface area contributed by atoms with E-state index < -0.39 is 17.9 Å². The fourth-order valence-electron chi connectivity index (χ4n) is 2.07. The maximum Gasteiger partial charge on any atom is 0.328 e. The van der Waals surface area contributed by atoms with Gasteiger partial charge in [0.1, 0.15) is 6.33 Å². The number of hydrogen-bond acceptors (Lipinski definition) is 8. The number of carbonyl (C=O) groups is 2. The van der Waals surface area contributed by atoms with Crippen LogP contribution in [0, 0.1) is 0 Å². The smallest absolute Gasteiger partial charge is 0.328 e. The van der Waals surface area contributed by atoms with Crippen LogP contribution in [-0.2, 0) is 19.1 Å². The highest BCUT2D eigenvalue weighted by Gasteiger charge is 2.34. The summed E-state index contributed by atoms with van der Waals surface area (Å²) in [5.41, 5.74) is 7.00.